The van der Waals surface area contributed by atoms with Gasteiger partial charge in [-0.15, -0.1) is 0 Å². The lowest BCUT2D eigenvalue weighted by Gasteiger charge is -2.08. The minimum atomic E-state index is -4.63. The molecule has 0 bridgehead atoms. The lowest BCUT2D eigenvalue weighted by molar-refractivity contribution is -0.144. The second kappa shape index (κ2) is 4.81. The summed E-state index contributed by atoms with van der Waals surface area (Å²) in [6, 6.07) is 2.90. The number of aromatic nitrogens is 4. The Balaban J connectivity index is 2.15. The molecule has 0 aromatic carbocycles. The van der Waals surface area contributed by atoms with Crippen LogP contribution in [0, 0.1) is 0 Å². The quantitative estimate of drug-likeness (QED) is 0.846. The van der Waals surface area contributed by atoms with Gasteiger partial charge in [0.25, 0.3) is 0 Å². The minimum absolute atomic E-state index is 0.00285. The van der Waals surface area contributed by atoms with Crippen LogP contribution in [-0.2, 0) is 12.7 Å². The lowest BCUT2D eigenvalue weighted by atomic mass is 10.4. The van der Waals surface area contributed by atoms with E-state index in [-0.39, 0.29) is 17.5 Å². The van der Waals surface area contributed by atoms with Gasteiger partial charge in [-0.3, -0.25) is 5.10 Å². The van der Waals surface area contributed by atoms with Crippen LogP contribution in [0.5, 0.6) is 0 Å². The number of anilines is 1. The monoisotopic (exact) mass is 277 g/mol. The van der Waals surface area contributed by atoms with Crippen molar-refractivity contribution in [3.8, 4) is 0 Å². The van der Waals surface area contributed by atoms with E-state index in [1.807, 2.05) is 0 Å². The molecule has 5 nitrogen and oxygen atoms in total. The van der Waals surface area contributed by atoms with Crippen molar-refractivity contribution in [3.05, 3.63) is 35.0 Å². The van der Waals surface area contributed by atoms with Crippen molar-refractivity contribution in [2.75, 3.05) is 5.32 Å². The predicted octanol–water partition coefficient (Wildman–Crippen LogP) is 2.48. The predicted molar refractivity (Wildman–Crippen MR) is 58.0 cm³/mol. The van der Waals surface area contributed by atoms with Crippen LogP contribution in [0.4, 0.5) is 19.0 Å². The third kappa shape index (κ3) is 3.10. The van der Waals surface area contributed by atoms with Gasteiger partial charge in [-0.1, -0.05) is 11.6 Å². The van der Waals surface area contributed by atoms with Crippen LogP contribution in [0.2, 0.25) is 5.15 Å². The van der Waals surface area contributed by atoms with Crippen LogP contribution in [0.3, 0.4) is 0 Å². The topological polar surface area (TPSA) is 66.5 Å². The number of rotatable bonds is 3. The molecule has 2 N–H and O–H groups in total. The molecule has 2 aromatic heterocycles. The number of nitrogens with one attached hydrogen (secondary N) is 2. The van der Waals surface area contributed by atoms with Crippen LogP contribution >= 0.6 is 11.6 Å². The number of nitrogens with zero attached hydrogens (tertiary/aromatic N) is 3. The molecule has 0 spiro atoms. The largest absolute Gasteiger partial charge is 0.451 e. The van der Waals surface area contributed by atoms with E-state index >= 15 is 0 Å². The zero-order valence-electron chi connectivity index (χ0n) is 8.79. The van der Waals surface area contributed by atoms with Gasteiger partial charge in [0.2, 0.25) is 5.82 Å². The van der Waals surface area contributed by atoms with Gasteiger partial charge in [0.05, 0.1) is 12.2 Å². The lowest BCUT2D eigenvalue weighted by Crippen LogP contribution is -2.13. The fourth-order valence-corrected chi connectivity index (χ4v) is 1.39. The molecular weight excluding hydrogens is 271 g/mol. The van der Waals surface area contributed by atoms with Crippen molar-refractivity contribution in [1.82, 2.24) is 20.2 Å². The minimum Gasteiger partial charge on any atom is -0.364 e. The van der Waals surface area contributed by atoms with Crippen LogP contribution in [0.25, 0.3) is 0 Å². The molecule has 0 fully saturated rings. The number of aromatic amines is 1. The van der Waals surface area contributed by atoms with Gasteiger partial charge < -0.3 is 5.32 Å². The highest BCUT2D eigenvalue weighted by molar-refractivity contribution is 6.29. The van der Waals surface area contributed by atoms with Crippen LogP contribution in [0.1, 0.15) is 11.5 Å². The molecule has 0 saturated heterocycles. The highest BCUT2D eigenvalue weighted by Crippen LogP contribution is 2.28. The Bertz CT molecular complexity index is 525. The van der Waals surface area contributed by atoms with Crippen molar-refractivity contribution >= 4 is 17.4 Å². The smallest absolute Gasteiger partial charge is 0.364 e. The second-order valence-corrected chi connectivity index (χ2v) is 3.72. The number of halogens is 4. The Labute approximate surface area is 104 Å². The first-order valence-electron chi connectivity index (χ1n) is 4.79. The highest BCUT2D eigenvalue weighted by Gasteiger charge is 2.35. The summed E-state index contributed by atoms with van der Waals surface area (Å²) in [6.07, 6.45) is -3.10. The molecule has 0 unspecified atom stereocenters. The zero-order valence-corrected chi connectivity index (χ0v) is 9.55. The van der Waals surface area contributed by atoms with Gasteiger partial charge in [0.15, 0.2) is 0 Å². The van der Waals surface area contributed by atoms with E-state index in [0.29, 0.717) is 5.69 Å². The van der Waals surface area contributed by atoms with E-state index in [1.54, 1.807) is 6.07 Å². The van der Waals surface area contributed by atoms with Crippen molar-refractivity contribution in [2.24, 2.45) is 0 Å². The summed E-state index contributed by atoms with van der Waals surface area (Å²) in [6.45, 7) is 0.255. The molecule has 0 radical (unpaired) electrons. The summed E-state index contributed by atoms with van der Waals surface area (Å²) in [7, 11) is 0. The van der Waals surface area contributed by atoms with Crippen LogP contribution in [-0.4, -0.2) is 20.2 Å². The third-order valence-corrected chi connectivity index (χ3v) is 2.16. The fourth-order valence-electron chi connectivity index (χ4n) is 1.20. The summed E-state index contributed by atoms with van der Waals surface area (Å²) in [4.78, 5) is 6.46. The average molecular weight is 278 g/mol. The summed E-state index contributed by atoms with van der Waals surface area (Å²) < 4.78 is 37.3. The maximum atomic E-state index is 12.4. The number of hydrogen-bond acceptors (Lipinski definition) is 4. The van der Waals surface area contributed by atoms with E-state index < -0.39 is 12.0 Å². The maximum absolute atomic E-state index is 12.4. The maximum Gasteiger partial charge on any atom is 0.451 e. The fraction of sp³-hybridized carbons (Fsp3) is 0.222. The first kappa shape index (κ1) is 12.6. The van der Waals surface area contributed by atoms with Crippen molar-refractivity contribution in [2.45, 2.75) is 12.7 Å². The molecule has 96 valence electrons. The third-order valence-electron chi connectivity index (χ3n) is 1.97. The Morgan fingerprint density at radius 3 is 2.72 bits per heavy atom. The second-order valence-electron chi connectivity index (χ2n) is 3.33. The Hall–Kier alpha value is -1.83. The van der Waals surface area contributed by atoms with Gasteiger partial charge >= 0.3 is 6.18 Å². The van der Waals surface area contributed by atoms with Crippen molar-refractivity contribution < 1.29 is 13.2 Å². The van der Waals surface area contributed by atoms with E-state index in [2.05, 4.69) is 25.5 Å². The van der Waals surface area contributed by atoms with Crippen LogP contribution < -0.4 is 5.32 Å². The number of alkyl halides is 3. The summed E-state index contributed by atoms with van der Waals surface area (Å²) >= 11 is 5.51. The molecule has 18 heavy (non-hydrogen) atoms. The molecule has 0 aliphatic heterocycles. The van der Waals surface area contributed by atoms with E-state index in [9.17, 15) is 13.2 Å². The van der Waals surface area contributed by atoms with E-state index in [0.717, 1.165) is 0 Å². The standard InChI is InChI=1S/C9H7ClF3N5/c10-6-3-7(14-4-5-1-2-15-18-5)17-8(16-6)9(11,12)13/h1-3H,4H2,(H,15,18)(H,14,16,17). The zero-order chi connectivity index (χ0) is 13.2. The first-order chi connectivity index (χ1) is 8.45. The van der Waals surface area contributed by atoms with Gasteiger partial charge in [-0.25, -0.2) is 9.97 Å². The van der Waals surface area contributed by atoms with Crippen molar-refractivity contribution in [1.29, 1.82) is 0 Å². The molecule has 2 aromatic rings. The Morgan fingerprint density at radius 2 is 2.11 bits per heavy atom. The summed E-state index contributed by atoms with van der Waals surface area (Å²) in [5.41, 5.74) is 0.707. The highest BCUT2D eigenvalue weighted by atomic mass is 35.5. The number of hydrogen-bond donors (Lipinski definition) is 2. The Morgan fingerprint density at radius 1 is 1.33 bits per heavy atom. The van der Waals surface area contributed by atoms with E-state index in [4.69, 9.17) is 11.6 Å². The molecule has 0 saturated carbocycles. The van der Waals surface area contributed by atoms with E-state index in [1.165, 1.54) is 12.3 Å². The molecular formula is C9H7ClF3N5. The van der Waals surface area contributed by atoms with Gasteiger partial charge in [0.1, 0.15) is 11.0 Å². The molecule has 0 amide bonds. The van der Waals surface area contributed by atoms with Crippen LogP contribution in [0.15, 0.2) is 18.3 Å². The SMILES string of the molecule is FC(F)(F)c1nc(Cl)cc(NCc2ccn[nH]2)n1. The van der Waals surface area contributed by atoms with Gasteiger partial charge in [0, 0.05) is 12.3 Å². The molecule has 0 atom stereocenters. The van der Waals surface area contributed by atoms with Crippen molar-refractivity contribution in [3.63, 3.8) is 0 Å². The molecule has 0 aliphatic carbocycles. The average Bonchev–Trinajstić information content (AvgIpc) is 2.77. The molecule has 2 rings (SSSR count). The first-order valence-corrected chi connectivity index (χ1v) is 5.17. The summed E-state index contributed by atoms with van der Waals surface area (Å²) in [5.74, 6) is -1.28. The molecule has 2 heterocycles. The van der Waals surface area contributed by atoms with Gasteiger partial charge in [-0.05, 0) is 6.07 Å². The van der Waals surface area contributed by atoms with Gasteiger partial charge in [-0.2, -0.15) is 18.3 Å². The Kier molecular flexibility index (Phi) is 3.37. The summed E-state index contributed by atoms with van der Waals surface area (Å²) in [5, 5.41) is 8.78. The normalized spacial score (nSPS) is 11.6. The number of H-pyrrole nitrogens is 1. The molecule has 9 heteroatoms. The molecule has 0 aliphatic rings.